The third-order valence-corrected chi connectivity index (χ3v) is 3.17. The van der Waals surface area contributed by atoms with E-state index in [0.717, 1.165) is 12.1 Å². The number of nitrogens with one attached hydrogen (secondary N) is 1. The first-order valence-electron chi connectivity index (χ1n) is 6.84. The van der Waals surface area contributed by atoms with E-state index in [4.69, 9.17) is 5.11 Å². The maximum absolute atomic E-state index is 12.0. The van der Waals surface area contributed by atoms with Gasteiger partial charge in [-0.05, 0) is 38.0 Å². The Labute approximate surface area is 131 Å². The van der Waals surface area contributed by atoms with Gasteiger partial charge in [0.05, 0.1) is 11.8 Å². The van der Waals surface area contributed by atoms with E-state index in [0.29, 0.717) is 5.56 Å². The molecule has 5 nitrogen and oxygen atoms in total. The van der Waals surface area contributed by atoms with Gasteiger partial charge in [0.15, 0.2) is 0 Å². The molecule has 1 aromatic rings. The molecule has 0 radical (unpaired) electrons. The monoisotopic (exact) mass is 333 g/mol. The van der Waals surface area contributed by atoms with Gasteiger partial charge in [-0.15, -0.1) is 13.2 Å². The van der Waals surface area contributed by atoms with Crippen molar-refractivity contribution in [2.24, 2.45) is 5.41 Å². The molecule has 23 heavy (non-hydrogen) atoms. The van der Waals surface area contributed by atoms with E-state index in [1.165, 1.54) is 12.1 Å². The highest BCUT2D eigenvalue weighted by Crippen LogP contribution is 2.23. The number of carbonyl (C=O) groups is 2. The molecule has 0 aromatic heterocycles. The first-order valence-corrected chi connectivity index (χ1v) is 6.84. The van der Waals surface area contributed by atoms with Gasteiger partial charge < -0.3 is 15.2 Å². The van der Waals surface area contributed by atoms with E-state index < -0.39 is 17.7 Å². The Morgan fingerprint density at radius 3 is 2.22 bits per heavy atom. The van der Waals surface area contributed by atoms with Crippen molar-refractivity contribution in [2.75, 3.05) is 6.54 Å². The van der Waals surface area contributed by atoms with E-state index in [9.17, 15) is 22.8 Å². The molecule has 1 aromatic carbocycles. The zero-order valence-corrected chi connectivity index (χ0v) is 12.7. The standard InChI is InChI=1S/C15H18F3NO4/c1-14(2,13(21)22)7-8-19-12(20)9-10-3-5-11(6-4-10)23-15(16,17)18/h3-6H,7-9H2,1-2H3,(H,19,20)(H,21,22). The maximum Gasteiger partial charge on any atom is 0.573 e. The molecule has 0 aliphatic rings. The molecule has 128 valence electrons. The molecule has 0 bridgehead atoms. The fourth-order valence-electron chi connectivity index (χ4n) is 1.68. The first kappa shape index (κ1) is 18.8. The van der Waals surface area contributed by atoms with Crippen LogP contribution in [0.5, 0.6) is 5.75 Å². The van der Waals surface area contributed by atoms with Crippen molar-refractivity contribution in [3.8, 4) is 5.75 Å². The molecule has 0 aliphatic carbocycles. The predicted octanol–water partition coefficient (Wildman–Crippen LogP) is 2.74. The molecule has 0 atom stereocenters. The molecule has 0 heterocycles. The second kappa shape index (κ2) is 7.34. The highest BCUT2D eigenvalue weighted by atomic mass is 19.4. The van der Waals surface area contributed by atoms with Gasteiger partial charge in [-0.2, -0.15) is 0 Å². The smallest absolute Gasteiger partial charge is 0.481 e. The SMILES string of the molecule is CC(C)(CCNC(=O)Cc1ccc(OC(F)(F)F)cc1)C(=O)O. The first-order chi connectivity index (χ1) is 10.5. The van der Waals surface area contributed by atoms with Gasteiger partial charge in [0.2, 0.25) is 5.91 Å². The van der Waals surface area contributed by atoms with Crippen molar-refractivity contribution in [3.63, 3.8) is 0 Å². The Balaban J connectivity index is 2.44. The summed E-state index contributed by atoms with van der Waals surface area (Å²) in [7, 11) is 0. The summed E-state index contributed by atoms with van der Waals surface area (Å²) in [5.41, 5.74) is -0.418. The van der Waals surface area contributed by atoms with Crippen LogP contribution in [0.15, 0.2) is 24.3 Å². The van der Waals surface area contributed by atoms with Crippen LogP contribution >= 0.6 is 0 Å². The van der Waals surface area contributed by atoms with Crippen LogP contribution < -0.4 is 10.1 Å². The number of ether oxygens (including phenoxy) is 1. The van der Waals surface area contributed by atoms with Crippen molar-refractivity contribution in [1.29, 1.82) is 0 Å². The summed E-state index contributed by atoms with van der Waals surface area (Å²) in [5.74, 6) is -1.65. The molecule has 0 unspecified atom stereocenters. The summed E-state index contributed by atoms with van der Waals surface area (Å²) in [6.07, 6.45) is -4.50. The zero-order valence-electron chi connectivity index (χ0n) is 12.7. The molecule has 8 heteroatoms. The molecule has 0 saturated carbocycles. The number of amides is 1. The van der Waals surface area contributed by atoms with Gasteiger partial charge in [0.1, 0.15) is 5.75 Å². The van der Waals surface area contributed by atoms with Crippen molar-refractivity contribution in [2.45, 2.75) is 33.1 Å². The number of hydrogen-bond acceptors (Lipinski definition) is 3. The number of aliphatic carboxylic acids is 1. The number of carboxylic acids is 1. The summed E-state index contributed by atoms with van der Waals surface area (Å²) in [4.78, 5) is 22.6. The fourth-order valence-corrected chi connectivity index (χ4v) is 1.68. The predicted molar refractivity (Wildman–Crippen MR) is 75.9 cm³/mol. The van der Waals surface area contributed by atoms with Gasteiger partial charge in [0.25, 0.3) is 0 Å². The molecule has 2 N–H and O–H groups in total. The third-order valence-electron chi connectivity index (χ3n) is 3.17. The largest absolute Gasteiger partial charge is 0.573 e. The van der Waals surface area contributed by atoms with Crippen LogP contribution in [0.1, 0.15) is 25.8 Å². The van der Waals surface area contributed by atoms with E-state index >= 15 is 0 Å². The number of rotatable bonds is 7. The van der Waals surface area contributed by atoms with Crippen LogP contribution in [0.4, 0.5) is 13.2 Å². The normalized spacial score (nSPS) is 11.9. The molecule has 0 saturated heterocycles. The molecular formula is C15H18F3NO4. The number of hydrogen-bond donors (Lipinski definition) is 2. The number of benzene rings is 1. The summed E-state index contributed by atoms with van der Waals surface area (Å²) in [6, 6.07) is 4.98. The van der Waals surface area contributed by atoms with Crippen LogP contribution in [-0.4, -0.2) is 29.9 Å². The highest BCUT2D eigenvalue weighted by Gasteiger charge is 2.31. The van der Waals surface area contributed by atoms with Crippen LogP contribution in [0.3, 0.4) is 0 Å². The average molecular weight is 333 g/mol. The lowest BCUT2D eigenvalue weighted by atomic mass is 9.90. The van der Waals surface area contributed by atoms with E-state index in [-0.39, 0.29) is 31.0 Å². The van der Waals surface area contributed by atoms with E-state index in [1.807, 2.05) is 0 Å². The number of carbonyl (C=O) groups excluding carboxylic acids is 1. The third kappa shape index (κ3) is 7.03. The minimum Gasteiger partial charge on any atom is -0.481 e. The van der Waals surface area contributed by atoms with Gasteiger partial charge in [-0.3, -0.25) is 9.59 Å². The molecule has 0 spiro atoms. The van der Waals surface area contributed by atoms with Crippen LogP contribution in [0, 0.1) is 5.41 Å². The van der Waals surface area contributed by atoms with E-state index in [2.05, 4.69) is 10.1 Å². The van der Waals surface area contributed by atoms with Crippen molar-refractivity contribution >= 4 is 11.9 Å². The summed E-state index contributed by atoms with van der Waals surface area (Å²) < 4.78 is 39.8. The maximum atomic E-state index is 12.0. The van der Waals surface area contributed by atoms with Crippen LogP contribution in [-0.2, 0) is 16.0 Å². The average Bonchev–Trinajstić information content (AvgIpc) is 2.39. The van der Waals surface area contributed by atoms with Crippen molar-refractivity contribution < 1.29 is 32.6 Å². The second-order valence-corrected chi connectivity index (χ2v) is 5.66. The Bertz CT molecular complexity index is 553. The fraction of sp³-hybridized carbons (Fsp3) is 0.467. The topological polar surface area (TPSA) is 75.6 Å². The Kier molecular flexibility index (Phi) is 6.00. The number of alkyl halides is 3. The number of carboxylic acid groups (broad SMARTS) is 1. The van der Waals surface area contributed by atoms with Gasteiger partial charge in [0, 0.05) is 6.54 Å². The molecule has 0 aliphatic heterocycles. The van der Waals surface area contributed by atoms with Gasteiger partial charge in [-0.1, -0.05) is 12.1 Å². The molecule has 1 rings (SSSR count). The highest BCUT2D eigenvalue weighted by molar-refractivity contribution is 5.78. The molecule has 1 amide bonds. The van der Waals surface area contributed by atoms with Crippen molar-refractivity contribution in [3.05, 3.63) is 29.8 Å². The Morgan fingerprint density at radius 2 is 1.74 bits per heavy atom. The lowest BCUT2D eigenvalue weighted by Gasteiger charge is -2.18. The molecular weight excluding hydrogens is 315 g/mol. The van der Waals surface area contributed by atoms with E-state index in [1.54, 1.807) is 13.8 Å². The van der Waals surface area contributed by atoms with Crippen molar-refractivity contribution in [1.82, 2.24) is 5.32 Å². The lowest BCUT2D eigenvalue weighted by Crippen LogP contribution is -2.32. The number of halogens is 3. The quantitative estimate of drug-likeness (QED) is 0.804. The molecule has 0 fully saturated rings. The van der Waals surface area contributed by atoms with Gasteiger partial charge in [-0.25, -0.2) is 0 Å². The Hall–Kier alpha value is -2.25. The Morgan fingerprint density at radius 1 is 1.17 bits per heavy atom. The minimum atomic E-state index is -4.75. The minimum absolute atomic E-state index is 0.0141. The second-order valence-electron chi connectivity index (χ2n) is 5.66. The zero-order chi connectivity index (χ0) is 17.7. The summed E-state index contributed by atoms with van der Waals surface area (Å²) >= 11 is 0. The summed E-state index contributed by atoms with van der Waals surface area (Å²) in [5, 5.41) is 11.5. The van der Waals surface area contributed by atoms with Crippen LogP contribution in [0.2, 0.25) is 0 Å². The van der Waals surface area contributed by atoms with Crippen LogP contribution in [0.25, 0.3) is 0 Å². The summed E-state index contributed by atoms with van der Waals surface area (Å²) in [6.45, 7) is 3.31. The van der Waals surface area contributed by atoms with Gasteiger partial charge >= 0.3 is 12.3 Å². The lowest BCUT2D eigenvalue weighted by molar-refractivity contribution is -0.274.